The maximum Gasteiger partial charge on any atom is 0.0897 e. The van der Waals surface area contributed by atoms with Crippen LogP contribution in [0.3, 0.4) is 0 Å². The Labute approximate surface area is 102 Å². The quantitative estimate of drug-likeness (QED) is 0.877. The number of aryl methyl sites for hydroxylation is 1. The summed E-state index contributed by atoms with van der Waals surface area (Å²) in [6.45, 7) is 4.00. The van der Waals surface area contributed by atoms with Crippen LogP contribution in [0.1, 0.15) is 49.7 Å². The SMILES string of the molecule is Cc1nc(CC(C)(O)C2CCCCC2)cs1. The minimum Gasteiger partial charge on any atom is -0.389 e. The zero-order valence-electron chi connectivity index (χ0n) is 10.2. The molecule has 1 aliphatic rings. The van der Waals surface area contributed by atoms with Crippen molar-refractivity contribution < 1.29 is 5.11 Å². The van der Waals surface area contributed by atoms with Gasteiger partial charge in [0.2, 0.25) is 0 Å². The summed E-state index contributed by atoms with van der Waals surface area (Å²) in [4.78, 5) is 4.45. The van der Waals surface area contributed by atoms with Gasteiger partial charge in [-0.1, -0.05) is 19.3 Å². The van der Waals surface area contributed by atoms with E-state index < -0.39 is 5.60 Å². The van der Waals surface area contributed by atoms with Gasteiger partial charge in [-0.15, -0.1) is 11.3 Å². The average molecular weight is 239 g/mol. The Balaban J connectivity index is 2.00. The van der Waals surface area contributed by atoms with Gasteiger partial charge in [-0.3, -0.25) is 0 Å². The molecule has 0 aromatic carbocycles. The molecule has 90 valence electrons. The van der Waals surface area contributed by atoms with E-state index in [0.717, 1.165) is 10.7 Å². The molecule has 1 saturated carbocycles. The Morgan fingerprint density at radius 1 is 1.44 bits per heavy atom. The highest BCUT2D eigenvalue weighted by molar-refractivity contribution is 7.09. The van der Waals surface area contributed by atoms with Crippen LogP contribution in [0.2, 0.25) is 0 Å². The van der Waals surface area contributed by atoms with E-state index in [4.69, 9.17) is 0 Å². The number of aliphatic hydroxyl groups is 1. The van der Waals surface area contributed by atoms with Crippen molar-refractivity contribution in [2.75, 3.05) is 0 Å². The summed E-state index contributed by atoms with van der Waals surface area (Å²) in [5.41, 5.74) is 0.485. The molecule has 1 fully saturated rings. The molecule has 3 heteroatoms. The van der Waals surface area contributed by atoms with Gasteiger partial charge >= 0.3 is 0 Å². The summed E-state index contributed by atoms with van der Waals surface area (Å²) in [6, 6.07) is 0. The third kappa shape index (κ3) is 2.83. The number of thiazole rings is 1. The van der Waals surface area contributed by atoms with Crippen LogP contribution in [0.5, 0.6) is 0 Å². The van der Waals surface area contributed by atoms with Gasteiger partial charge < -0.3 is 5.11 Å². The van der Waals surface area contributed by atoms with Crippen LogP contribution in [0, 0.1) is 12.8 Å². The number of hydrogen-bond donors (Lipinski definition) is 1. The van der Waals surface area contributed by atoms with E-state index in [1.54, 1.807) is 11.3 Å². The largest absolute Gasteiger partial charge is 0.389 e. The molecule has 1 unspecified atom stereocenters. The second-order valence-corrected chi connectivity index (χ2v) is 6.29. The van der Waals surface area contributed by atoms with Gasteiger partial charge in [0, 0.05) is 11.8 Å². The molecule has 0 aliphatic heterocycles. The lowest BCUT2D eigenvalue weighted by molar-refractivity contribution is -0.0166. The Bertz CT molecular complexity index is 339. The third-order valence-corrected chi connectivity index (χ3v) is 4.51. The van der Waals surface area contributed by atoms with Gasteiger partial charge in [-0.2, -0.15) is 0 Å². The molecule has 0 radical (unpaired) electrons. The van der Waals surface area contributed by atoms with Crippen LogP contribution < -0.4 is 0 Å². The summed E-state index contributed by atoms with van der Waals surface area (Å²) < 4.78 is 0. The fourth-order valence-corrected chi connectivity index (χ4v) is 3.34. The second-order valence-electron chi connectivity index (χ2n) is 5.23. The van der Waals surface area contributed by atoms with Crippen molar-refractivity contribution in [3.63, 3.8) is 0 Å². The molecule has 0 amide bonds. The Hall–Kier alpha value is -0.410. The highest BCUT2D eigenvalue weighted by Gasteiger charge is 2.33. The fourth-order valence-electron chi connectivity index (χ4n) is 2.72. The predicted molar refractivity (Wildman–Crippen MR) is 67.8 cm³/mol. The zero-order valence-corrected chi connectivity index (χ0v) is 11.0. The van der Waals surface area contributed by atoms with Crippen molar-refractivity contribution in [3.8, 4) is 0 Å². The third-order valence-electron chi connectivity index (χ3n) is 3.69. The number of hydrogen-bond acceptors (Lipinski definition) is 3. The molecule has 1 aliphatic carbocycles. The van der Waals surface area contributed by atoms with Gasteiger partial charge in [0.25, 0.3) is 0 Å². The molecular weight excluding hydrogens is 218 g/mol. The van der Waals surface area contributed by atoms with E-state index >= 15 is 0 Å². The van der Waals surface area contributed by atoms with Crippen LogP contribution in [0.15, 0.2) is 5.38 Å². The van der Waals surface area contributed by atoms with E-state index in [2.05, 4.69) is 10.4 Å². The van der Waals surface area contributed by atoms with E-state index in [0.29, 0.717) is 12.3 Å². The molecule has 1 aromatic rings. The first kappa shape index (κ1) is 12.1. The molecule has 0 spiro atoms. The van der Waals surface area contributed by atoms with Crippen molar-refractivity contribution in [1.82, 2.24) is 4.98 Å². The van der Waals surface area contributed by atoms with Crippen molar-refractivity contribution in [2.45, 2.75) is 58.0 Å². The molecule has 0 bridgehead atoms. The van der Waals surface area contributed by atoms with Crippen LogP contribution >= 0.6 is 11.3 Å². The van der Waals surface area contributed by atoms with Crippen LogP contribution in [0.25, 0.3) is 0 Å². The normalized spacial score (nSPS) is 21.9. The summed E-state index contributed by atoms with van der Waals surface area (Å²) in [7, 11) is 0. The Kier molecular flexibility index (Phi) is 3.65. The van der Waals surface area contributed by atoms with E-state index in [1.807, 2.05) is 13.8 Å². The lowest BCUT2D eigenvalue weighted by Gasteiger charge is -2.35. The average Bonchev–Trinajstić information content (AvgIpc) is 2.64. The van der Waals surface area contributed by atoms with Crippen LogP contribution in [-0.4, -0.2) is 15.7 Å². The Morgan fingerprint density at radius 2 is 2.12 bits per heavy atom. The maximum atomic E-state index is 10.6. The first-order valence-corrected chi connectivity index (χ1v) is 7.09. The van der Waals surface area contributed by atoms with Gasteiger partial charge in [0.1, 0.15) is 0 Å². The molecular formula is C13H21NOS. The smallest absolute Gasteiger partial charge is 0.0897 e. The molecule has 1 N–H and O–H groups in total. The molecule has 1 aromatic heterocycles. The molecule has 0 saturated heterocycles. The number of aromatic nitrogens is 1. The molecule has 2 rings (SSSR count). The maximum absolute atomic E-state index is 10.6. The number of nitrogens with zero attached hydrogens (tertiary/aromatic N) is 1. The topological polar surface area (TPSA) is 33.1 Å². The van der Waals surface area contributed by atoms with Crippen molar-refractivity contribution in [2.24, 2.45) is 5.92 Å². The lowest BCUT2D eigenvalue weighted by Crippen LogP contribution is -2.38. The van der Waals surface area contributed by atoms with E-state index in [-0.39, 0.29) is 0 Å². The van der Waals surface area contributed by atoms with Crippen LogP contribution in [0.4, 0.5) is 0 Å². The van der Waals surface area contributed by atoms with Crippen molar-refractivity contribution >= 4 is 11.3 Å². The first-order valence-electron chi connectivity index (χ1n) is 6.21. The summed E-state index contributed by atoms with van der Waals surface area (Å²) in [5.74, 6) is 0.461. The molecule has 16 heavy (non-hydrogen) atoms. The minimum absolute atomic E-state index is 0.461. The first-order chi connectivity index (χ1) is 7.58. The predicted octanol–water partition coefficient (Wildman–Crippen LogP) is 3.33. The van der Waals surface area contributed by atoms with Gasteiger partial charge in [-0.25, -0.2) is 4.98 Å². The van der Waals surface area contributed by atoms with Gasteiger partial charge in [0.05, 0.1) is 16.3 Å². The summed E-state index contributed by atoms with van der Waals surface area (Å²) in [5, 5.41) is 13.7. The van der Waals surface area contributed by atoms with E-state index in [9.17, 15) is 5.11 Å². The molecule has 2 nitrogen and oxygen atoms in total. The van der Waals surface area contributed by atoms with Gasteiger partial charge in [-0.05, 0) is 32.6 Å². The summed E-state index contributed by atoms with van der Waals surface area (Å²) >= 11 is 1.67. The van der Waals surface area contributed by atoms with Crippen molar-refractivity contribution in [3.05, 3.63) is 16.1 Å². The second kappa shape index (κ2) is 4.84. The number of rotatable bonds is 3. The zero-order chi connectivity index (χ0) is 11.6. The van der Waals surface area contributed by atoms with E-state index in [1.165, 1.54) is 32.1 Å². The Morgan fingerprint density at radius 3 is 2.69 bits per heavy atom. The minimum atomic E-state index is -0.569. The van der Waals surface area contributed by atoms with Gasteiger partial charge in [0.15, 0.2) is 0 Å². The molecule has 1 atom stereocenters. The fraction of sp³-hybridized carbons (Fsp3) is 0.769. The monoisotopic (exact) mass is 239 g/mol. The standard InChI is InChI=1S/C13H21NOS/c1-10-14-12(9-16-10)8-13(2,15)11-6-4-3-5-7-11/h9,11,15H,3-8H2,1-2H3. The molecule has 1 heterocycles. The lowest BCUT2D eigenvalue weighted by atomic mass is 9.76. The van der Waals surface area contributed by atoms with Crippen molar-refractivity contribution in [1.29, 1.82) is 0 Å². The van der Waals surface area contributed by atoms with Crippen LogP contribution in [-0.2, 0) is 6.42 Å². The highest BCUT2D eigenvalue weighted by Crippen LogP contribution is 2.34. The highest BCUT2D eigenvalue weighted by atomic mass is 32.1. The summed E-state index contributed by atoms with van der Waals surface area (Å²) in [6.07, 6.45) is 6.95.